The number of rotatable bonds is 7. The number of nitrogens with zero attached hydrogens (tertiary/aromatic N) is 2. The molecule has 2 aliphatic rings. The third-order valence-electron chi connectivity index (χ3n) is 6.06. The first-order chi connectivity index (χ1) is 15.6. The third-order valence-corrected chi connectivity index (χ3v) is 7.87. The van der Waals surface area contributed by atoms with Crippen LogP contribution in [0.3, 0.4) is 0 Å². The lowest BCUT2D eigenvalue weighted by Crippen LogP contribution is -2.70. The van der Waals surface area contributed by atoms with Crippen molar-refractivity contribution in [2.75, 3.05) is 20.2 Å². The van der Waals surface area contributed by atoms with E-state index in [1.54, 1.807) is 19.1 Å². The zero-order valence-corrected chi connectivity index (χ0v) is 19.3. The SMILES string of the molecule is COc1ccc(S(=O)(=O)N2CC(=O)N(C3CC3)C(C)(C(=O)NCc3ccc(F)cc3)C2)cc1. The second-order valence-corrected chi connectivity index (χ2v) is 10.5. The van der Waals surface area contributed by atoms with Crippen LogP contribution in [0.2, 0.25) is 0 Å². The number of sulfonamides is 1. The Kier molecular flexibility index (Phi) is 6.15. The maximum absolute atomic E-state index is 13.3. The van der Waals surface area contributed by atoms with Gasteiger partial charge in [0.05, 0.1) is 18.6 Å². The van der Waals surface area contributed by atoms with Gasteiger partial charge in [-0.2, -0.15) is 4.31 Å². The van der Waals surface area contributed by atoms with Gasteiger partial charge < -0.3 is 15.0 Å². The highest BCUT2D eigenvalue weighted by atomic mass is 32.2. The van der Waals surface area contributed by atoms with Crippen molar-refractivity contribution in [2.45, 2.75) is 42.8 Å². The van der Waals surface area contributed by atoms with Crippen molar-refractivity contribution in [3.8, 4) is 5.75 Å². The molecule has 2 amide bonds. The van der Waals surface area contributed by atoms with Gasteiger partial charge in [-0.15, -0.1) is 0 Å². The van der Waals surface area contributed by atoms with Crippen LogP contribution < -0.4 is 10.1 Å². The van der Waals surface area contributed by atoms with Gasteiger partial charge in [0.25, 0.3) is 0 Å². The second kappa shape index (κ2) is 8.75. The fourth-order valence-corrected chi connectivity index (χ4v) is 5.62. The Morgan fingerprint density at radius 2 is 1.79 bits per heavy atom. The number of halogens is 1. The van der Waals surface area contributed by atoms with Gasteiger partial charge in [0.2, 0.25) is 21.8 Å². The monoisotopic (exact) mass is 475 g/mol. The van der Waals surface area contributed by atoms with E-state index >= 15 is 0 Å². The molecule has 1 unspecified atom stereocenters. The van der Waals surface area contributed by atoms with Crippen LogP contribution in [0.25, 0.3) is 0 Å². The van der Waals surface area contributed by atoms with E-state index in [9.17, 15) is 22.4 Å². The number of carbonyl (C=O) groups excluding carboxylic acids is 2. The number of hydrogen-bond donors (Lipinski definition) is 1. The summed E-state index contributed by atoms with van der Waals surface area (Å²) in [7, 11) is -2.54. The molecule has 0 aromatic heterocycles. The molecular weight excluding hydrogens is 449 g/mol. The summed E-state index contributed by atoms with van der Waals surface area (Å²) in [5.74, 6) is -0.732. The highest BCUT2D eigenvalue weighted by molar-refractivity contribution is 7.89. The summed E-state index contributed by atoms with van der Waals surface area (Å²) in [6.45, 7) is 1.23. The summed E-state index contributed by atoms with van der Waals surface area (Å²) in [6.07, 6.45) is 1.55. The van der Waals surface area contributed by atoms with E-state index in [-0.39, 0.29) is 36.4 Å². The van der Waals surface area contributed by atoms with E-state index in [2.05, 4.69) is 5.32 Å². The van der Waals surface area contributed by atoms with Gasteiger partial charge in [-0.1, -0.05) is 12.1 Å². The van der Waals surface area contributed by atoms with Gasteiger partial charge in [-0.25, -0.2) is 12.8 Å². The Labute approximate surface area is 192 Å². The molecule has 10 heteroatoms. The number of amides is 2. The summed E-state index contributed by atoms with van der Waals surface area (Å²) in [5.41, 5.74) is -0.688. The van der Waals surface area contributed by atoms with Gasteiger partial charge in [0, 0.05) is 19.1 Å². The minimum atomic E-state index is -4.02. The molecule has 2 aromatic rings. The normalized spacial score (nSPS) is 21.7. The number of carbonyl (C=O) groups is 2. The van der Waals surface area contributed by atoms with Crippen LogP contribution in [0.4, 0.5) is 4.39 Å². The molecule has 1 aliphatic carbocycles. The lowest BCUT2D eigenvalue weighted by Gasteiger charge is -2.47. The van der Waals surface area contributed by atoms with Crippen LogP contribution in [-0.4, -0.2) is 61.2 Å². The molecule has 176 valence electrons. The first-order valence-corrected chi connectivity index (χ1v) is 12.1. The van der Waals surface area contributed by atoms with Crippen LogP contribution >= 0.6 is 0 Å². The molecule has 0 bridgehead atoms. The van der Waals surface area contributed by atoms with Crippen molar-refractivity contribution in [1.29, 1.82) is 0 Å². The fraction of sp³-hybridized carbons (Fsp3) is 0.391. The first kappa shape index (κ1) is 23.2. The Balaban J connectivity index is 1.59. The molecule has 0 spiro atoms. The molecule has 0 radical (unpaired) electrons. The lowest BCUT2D eigenvalue weighted by atomic mass is 9.95. The highest BCUT2D eigenvalue weighted by Gasteiger charge is 2.54. The number of nitrogens with one attached hydrogen (secondary N) is 1. The summed E-state index contributed by atoms with van der Waals surface area (Å²) in [4.78, 5) is 28.0. The Bertz CT molecular complexity index is 1150. The maximum atomic E-state index is 13.3. The summed E-state index contributed by atoms with van der Waals surface area (Å²) in [5, 5.41) is 2.80. The lowest BCUT2D eigenvalue weighted by molar-refractivity contribution is -0.153. The number of piperazine rings is 1. The van der Waals surface area contributed by atoms with Crippen molar-refractivity contribution < 1.29 is 27.1 Å². The van der Waals surface area contributed by atoms with Gasteiger partial charge in [-0.3, -0.25) is 9.59 Å². The van der Waals surface area contributed by atoms with Crippen molar-refractivity contribution in [2.24, 2.45) is 0 Å². The van der Waals surface area contributed by atoms with Crippen molar-refractivity contribution in [1.82, 2.24) is 14.5 Å². The van der Waals surface area contributed by atoms with E-state index in [1.165, 1.54) is 48.4 Å². The molecule has 4 rings (SSSR count). The summed E-state index contributed by atoms with van der Waals surface area (Å²) < 4.78 is 45.9. The zero-order valence-electron chi connectivity index (χ0n) is 18.5. The summed E-state index contributed by atoms with van der Waals surface area (Å²) in [6, 6.07) is 11.5. The average Bonchev–Trinajstić information content (AvgIpc) is 3.63. The average molecular weight is 476 g/mol. The van der Waals surface area contributed by atoms with Gasteiger partial charge in [0.15, 0.2) is 0 Å². The van der Waals surface area contributed by atoms with Gasteiger partial charge >= 0.3 is 0 Å². The molecule has 2 fully saturated rings. The molecule has 1 saturated carbocycles. The van der Waals surface area contributed by atoms with Crippen molar-refractivity contribution >= 4 is 21.8 Å². The molecule has 1 atom stereocenters. The molecule has 8 nitrogen and oxygen atoms in total. The summed E-state index contributed by atoms with van der Waals surface area (Å²) >= 11 is 0. The molecule has 1 heterocycles. The second-order valence-electron chi connectivity index (χ2n) is 8.53. The van der Waals surface area contributed by atoms with E-state index < -0.39 is 27.4 Å². The molecule has 1 saturated heterocycles. The largest absolute Gasteiger partial charge is 0.497 e. The van der Waals surface area contributed by atoms with Crippen LogP contribution in [0.1, 0.15) is 25.3 Å². The quantitative estimate of drug-likeness (QED) is 0.660. The predicted molar refractivity (Wildman–Crippen MR) is 118 cm³/mol. The molecule has 1 aliphatic heterocycles. The van der Waals surface area contributed by atoms with E-state index in [0.29, 0.717) is 11.3 Å². The Hall–Kier alpha value is -2.98. The highest BCUT2D eigenvalue weighted by Crippen LogP contribution is 2.37. The Morgan fingerprint density at radius 3 is 2.36 bits per heavy atom. The fourth-order valence-electron chi connectivity index (χ4n) is 4.14. The first-order valence-electron chi connectivity index (χ1n) is 10.6. The standard InChI is InChI=1S/C23H26FN3O5S/c1-23(22(29)25-13-16-3-5-17(24)6-4-16)15-26(14-21(28)27(23)18-7-8-18)33(30,31)20-11-9-19(32-2)10-12-20/h3-6,9-12,18H,7-8,13-15H2,1-2H3,(H,25,29). The minimum Gasteiger partial charge on any atom is -0.497 e. The molecule has 1 N–H and O–H groups in total. The van der Waals surface area contributed by atoms with E-state index in [0.717, 1.165) is 17.1 Å². The number of ether oxygens (including phenoxy) is 1. The van der Waals surface area contributed by atoms with E-state index in [1.807, 2.05) is 0 Å². The van der Waals surface area contributed by atoms with Crippen LogP contribution in [0.15, 0.2) is 53.4 Å². The minimum absolute atomic E-state index is 0.0186. The van der Waals surface area contributed by atoms with Crippen molar-refractivity contribution in [3.63, 3.8) is 0 Å². The third kappa shape index (κ3) is 4.58. The Morgan fingerprint density at radius 1 is 1.15 bits per heavy atom. The van der Waals surface area contributed by atoms with Crippen LogP contribution in [-0.2, 0) is 26.2 Å². The van der Waals surface area contributed by atoms with E-state index in [4.69, 9.17) is 4.74 Å². The number of methoxy groups -OCH3 is 1. The maximum Gasteiger partial charge on any atom is 0.247 e. The van der Waals surface area contributed by atoms with Gasteiger partial charge in [0.1, 0.15) is 17.1 Å². The number of hydrogen-bond acceptors (Lipinski definition) is 5. The molecule has 2 aromatic carbocycles. The topological polar surface area (TPSA) is 96.0 Å². The number of benzene rings is 2. The van der Waals surface area contributed by atoms with Crippen LogP contribution in [0, 0.1) is 5.82 Å². The molecule has 33 heavy (non-hydrogen) atoms. The zero-order chi connectivity index (χ0) is 23.8. The smallest absolute Gasteiger partial charge is 0.247 e. The van der Waals surface area contributed by atoms with Crippen LogP contribution in [0.5, 0.6) is 5.75 Å². The van der Waals surface area contributed by atoms with Crippen molar-refractivity contribution in [3.05, 3.63) is 59.9 Å². The molecular formula is C23H26FN3O5S. The predicted octanol–water partition coefficient (Wildman–Crippen LogP) is 1.90. The van der Waals surface area contributed by atoms with Gasteiger partial charge in [-0.05, 0) is 61.7 Å².